The zero-order valence-electron chi connectivity index (χ0n) is 68.0. The molecule has 0 saturated heterocycles. The van der Waals surface area contributed by atoms with Crippen LogP contribution >= 0.6 is 15.6 Å². The molecule has 0 aliphatic heterocycles. The highest BCUT2D eigenvalue weighted by molar-refractivity contribution is 7.47. The van der Waals surface area contributed by atoms with Gasteiger partial charge < -0.3 is 33.8 Å². The molecule has 0 aliphatic carbocycles. The van der Waals surface area contributed by atoms with Gasteiger partial charge in [-0.1, -0.05) is 383 Å². The molecule has 7 atom stereocenters. The van der Waals surface area contributed by atoms with Gasteiger partial charge in [0.1, 0.15) is 19.3 Å². The van der Waals surface area contributed by atoms with Crippen LogP contribution in [-0.2, 0) is 65.4 Å². The van der Waals surface area contributed by atoms with Crippen LogP contribution < -0.4 is 0 Å². The SMILES string of the molecule is CCC(C)CCCCCCCCCCCCCCCCC(=O)O[C@H](COC(=O)CCCCCCCCCCCCCCCCC(C)C)COP(=O)(O)OC[C@@H](O)COP(=O)(O)OC[C@@H](COC(=O)CCCCCCCCC(C)CC)OC(=O)CCCCCCCCCCCCCCCCCC(C)C. The molecular weight excluding hydrogens is 1340 g/mol. The molecule has 103 heavy (non-hydrogen) atoms. The number of aliphatic hydroxyl groups excluding tert-OH is 1. The first kappa shape index (κ1) is 101. The Morgan fingerprint density at radius 2 is 0.466 bits per heavy atom. The Hall–Kier alpha value is -1.94. The number of carbonyl (C=O) groups is 4. The summed E-state index contributed by atoms with van der Waals surface area (Å²) in [7, 11) is -9.93. The van der Waals surface area contributed by atoms with E-state index in [1.807, 2.05) is 0 Å². The Balaban J connectivity index is 5.25. The topological polar surface area (TPSA) is 237 Å². The van der Waals surface area contributed by atoms with E-state index in [0.29, 0.717) is 25.7 Å². The summed E-state index contributed by atoms with van der Waals surface area (Å²) in [6.07, 6.45) is 61.0. The van der Waals surface area contributed by atoms with E-state index in [1.54, 1.807) is 0 Å². The first-order valence-corrected chi connectivity index (χ1v) is 46.3. The maximum atomic E-state index is 13.1. The number of unbranched alkanes of at least 4 members (excludes halogenated alkanes) is 45. The zero-order chi connectivity index (χ0) is 76.0. The summed E-state index contributed by atoms with van der Waals surface area (Å²) in [6.45, 7) is 14.3. The van der Waals surface area contributed by atoms with E-state index in [-0.39, 0.29) is 25.7 Å². The summed E-state index contributed by atoms with van der Waals surface area (Å²) in [5.41, 5.74) is 0. The largest absolute Gasteiger partial charge is 0.472 e. The molecule has 612 valence electrons. The van der Waals surface area contributed by atoms with E-state index in [0.717, 1.165) is 120 Å². The predicted molar refractivity (Wildman–Crippen MR) is 423 cm³/mol. The van der Waals surface area contributed by atoms with Crippen LogP contribution in [0, 0.1) is 23.7 Å². The lowest BCUT2D eigenvalue weighted by atomic mass is 9.99. The second-order valence-corrected chi connectivity index (χ2v) is 34.6. The van der Waals surface area contributed by atoms with Crippen molar-refractivity contribution in [2.24, 2.45) is 23.7 Å². The fourth-order valence-corrected chi connectivity index (χ4v) is 14.5. The van der Waals surface area contributed by atoms with Gasteiger partial charge in [-0.3, -0.25) is 37.3 Å². The molecule has 17 nitrogen and oxygen atoms in total. The molecule has 0 amide bonds. The Labute approximate surface area is 632 Å². The minimum atomic E-state index is -4.97. The lowest BCUT2D eigenvalue weighted by Gasteiger charge is -2.21. The smallest absolute Gasteiger partial charge is 0.462 e. The number of ether oxygens (including phenoxy) is 4. The molecular formula is C84H164O17P2. The highest BCUT2D eigenvalue weighted by Crippen LogP contribution is 2.45. The van der Waals surface area contributed by atoms with Gasteiger partial charge in [0, 0.05) is 25.7 Å². The van der Waals surface area contributed by atoms with Crippen molar-refractivity contribution in [1.82, 2.24) is 0 Å². The fraction of sp³-hybridized carbons (Fsp3) is 0.952. The fourth-order valence-electron chi connectivity index (χ4n) is 12.9. The predicted octanol–water partition coefficient (Wildman–Crippen LogP) is 25.2. The molecule has 0 aliphatic rings. The molecule has 0 fully saturated rings. The normalized spacial score (nSPS) is 14.5. The van der Waals surface area contributed by atoms with Crippen molar-refractivity contribution in [3.05, 3.63) is 0 Å². The highest BCUT2D eigenvalue weighted by Gasteiger charge is 2.30. The van der Waals surface area contributed by atoms with Gasteiger partial charge in [0.25, 0.3) is 0 Å². The maximum Gasteiger partial charge on any atom is 0.472 e. The number of carbonyl (C=O) groups excluding carboxylic acids is 4. The third-order valence-electron chi connectivity index (χ3n) is 20.3. The third-order valence-corrected chi connectivity index (χ3v) is 22.2. The molecule has 0 saturated carbocycles. The molecule has 0 bridgehead atoms. The summed E-state index contributed by atoms with van der Waals surface area (Å²) in [5.74, 6) is 1.07. The average molecular weight is 1510 g/mol. The Morgan fingerprint density at radius 1 is 0.272 bits per heavy atom. The minimum Gasteiger partial charge on any atom is -0.462 e. The minimum absolute atomic E-state index is 0.107. The molecule has 19 heteroatoms. The lowest BCUT2D eigenvalue weighted by Crippen LogP contribution is -2.30. The van der Waals surface area contributed by atoms with Crippen LogP contribution in [0.15, 0.2) is 0 Å². The number of phosphoric ester groups is 2. The second-order valence-electron chi connectivity index (χ2n) is 31.7. The Kier molecular flexibility index (Phi) is 71.5. The van der Waals surface area contributed by atoms with Crippen LogP contribution in [0.1, 0.15) is 434 Å². The molecule has 0 rings (SSSR count). The highest BCUT2D eigenvalue weighted by atomic mass is 31.2. The van der Waals surface area contributed by atoms with Gasteiger partial charge in [0.05, 0.1) is 26.4 Å². The number of phosphoric acid groups is 2. The monoisotopic (exact) mass is 1510 g/mol. The first-order chi connectivity index (χ1) is 49.7. The Bertz CT molecular complexity index is 2010. The molecule has 0 spiro atoms. The average Bonchev–Trinajstić information content (AvgIpc) is 0.908. The summed E-state index contributed by atoms with van der Waals surface area (Å²) < 4.78 is 68.8. The van der Waals surface area contributed by atoms with E-state index in [9.17, 15) is 43.2 Å². The van der Waals surface area contributed by atoms with Crippen LogP contribution in [0.3, 0.4) is 0 Å². The number of hydrogen-bond donors (Lipinski definition) is 3. The van der Waals surface area contributed by atoms with Gasteiger partial charge >= 0.3 is 39.5 Å². The van der Waals surface area contributed by atoms with Gasteiger partial charge in [-0.05, 0) is 49.4 Å². The van der Waals surface area contributed by atoms with Crippen LogP contribution in [0.2, 0.25) is 0 Å². The third kappa shape index (κ3) is 75.3. The van der Waals surface area contributed by atoms with Crippen LogP contribution in [0.5, 0.6) is 0 Å². The molecule has 0 radical (unpaired) electrons. The van der Waals surface area contributed by atoms with E-state index in [1.165, 1.54) is 231 Å². The summed E-state index contributed by atoms with van der Waals surface area (Å²) in [5, 5.41) is 10.7. The van der Waals surface area contributed by atoms with Crippen molar-refractivity contribution < 1.29 is 80.2 Å². The summed E-state index contributed by atoms with van der Waals surface area (Å²) >= 11 is 0. The number of rotatable bonds is 81. The zero-order valence-corrected chi connectivity index (χ0v) is 69.7. The maximum absolute atomic E-state index is 13.1. The molecule has 0 aromatic rings. The Morgan fingerprint density at radius 3 is 0.689 bits per heavy atom. The van der Waals surface area contributed by atoms with Crippen LogP contribution in [0.25, 0.3) is 0 Å². The van der Waals surface area contributed by atoms with Crippen molar-refractivity contribution in [3.63, 3.8) is 0 Å². The quantitative estimate of drug-likeness (QED) is 0.0222. The summed E-state index contributed by atoms with van der Waals surface area (Å²) in [4.78, 5) is 73.2. The van der Waals surface area contributed by atoms with Crippen molar-refractivity contribution in [2.75, 3.05) is 39.6 Å². The molecule has 0 aromatic heterocycles. The molecule has 0 heterocycles. The van der Waals surface area contributed by atoms with E-state index in [4.69, 9.17) is 37.0 Å². The number of hydrogen-bond acceptors (Lipinski definition) is 15. The van der Waals surface area contributed by atoms with Crippen molar-refractivity contribution in [2.45, 2.75) is 453 Å². The van der Waals surface area contributed by atoms with Crippen molar-refractivity contribution >= 4 is 39.5 Å². The van der Waals surface area contributed by atoms with Crippen molar-refractivity contribution in [1.29, 1.82) is 0 Å². The van der Waals surface area contributed by atoms with Crippen molar-refractivity contribution in [3.8, 4) is 0 Å². The molecule has 3 N–H and O–H groups in total. The number of esters is 4. The number of aliphatic hydroxyl groups is 1. The van der Waals surface area contributed by atoms with Crippen LogP contribution in [0.4, 0.5) is 0 Å². The van der Waals surface area contributed by atoms with Gasteiger partial charge in [0.15, 0.2) is 12.2 Å². The van der Waals surface area contributed by atoms with Gasteiger partial charge in [0.2, 0.25) is 0 Å². The second kappa shape index (κ2) is 72.9. The van der Waals surface area contributed by atoms with Gasteiger partial charge in [-0.25, -0.2) is 9.13 Å². The van der Waals surface area contributed by atoms with E-state index in [2.05, 4.69) is 55.4 Å². The van der Waals surface area contributed by atoms with E-state index >= 15 is 0 Å². The lowest BCUT2D eigenvalue weighted by molar-refractivity contribution is -0.161. The van der Waals surface area contributed by atoms with Gasteiger partial charge in [-0.15, -0.1) is 0 Å². The standard InChI is InChI=1S/C84H164O17P2/c1-9-76(7)62-54-46-38-32-26-20-15-17-23-29-35-41-51-59-66-83(88)100-79(70-94-81(86)64-56-48-39-33-27-21-16-14-19-25-31-37-45-53-61-75(5)6)72-98-102(90,91)96-68-78(85)69-97-103(92,93)99-73-80(71-95-82(87)65-57-49-43-42-47-55-63-77(8)10-2)101-84(89)67-58-50-40-34-28-22-13-11-12-18-24-30-36-44-52-60-74(3)4/h74-80,85H,9-73H2,1-8H3,(H,90,91)(H,92,93)/t76?,77?,78-,79-,80-/m1/s1. The molecule has 4 unspecified atom stereocenters. The molecule has 0 aromatic carbocycles. The van der Waals surface area contributed by atoms with Crippen LogP contribution in [-0.4, -0.2) is 96.7 Å². The first-order valence-electron chi connectivity index (χ1n) is 43.3. The summed E-state index contributed by atoms with van der Waals surface area (Å²) in [6, 6.07) is 0. The van der Waals surface area contributed by atoms with Gasteiger partial charge in [-0.2, -0.15) is 0 Å². The van der Waals surface area contributed by atoms with E-state index < -0.39 is 97.5 Å².